The number of carbonyl (C=O) groups is 1. The summed E-state index contributed by atoms with van der Waals surface area (Å²) in [5, 5.41) is 11.3. The summed E-state index contributed by atoms with van der Waals surface area (Å²) in [7, 11) is -3.71. The second-order valence-corrected chi connectivity index (χ2v) is 8.72. The first kappa shape index (κ1) is 14.6. The maximum absolute atomic E-state index is 12.3. The van der Waals surface area contributed by atoms with Gasteiger partial charge in [-0.3, -0.25) is 4.72 Å². The van der Waals surface area contributed by atoms with Crippen LogP contribution in [0.15, 0.2) is 21.7 Å². The standard InChI is InChI=1S/C13H13NO4S3/c15-13(16)11-8-4-1-2-5-9(8)20-12(11)14-21(17,18)10-6-3-7-19-10/h3,6-7,14H,1-2,4-5H2,(H,15,16). The number of thiophene rings is 2. The van der Waals surface area contributed by atoms with Crippen LogP contribution in [0, 0.1) is 0 Å². The molecule has 0 radical (unpaired) electrons. The van der Waals surface area contributed by atoms with Crippen molar-refractivity contribution >= 4 is 43.7 Å². The van der Waals surface area contributed by atoms with E-state index >= 15 is 0 Å². The predicted molar refractivity (Wildman–Crippen MR) is 83.0 cm³/mol. The second-order valence-electron chi connectivity index (χ2n) is 4.76. The number of rotatable bonds is 4. The Morgan fingerprint density at radius 1 is 1.29 bits per heavy atom. The van der Waals surface area contributed by atoms with Gasteiger partial charge in [-0.15, -0.1) is 22.7 Å². The lowest BCUT2D eigenvalue weighted by Crippen LogP contribution is -2.13. The molecule has 0 spiro atoms. The quantitative estimate of drug-likeness (QED) is 0.893. The molecule has 0 saturated heterocycles. The van der Waals surface area contributed by atoms with Crippen molar-refractivity contribution in [3.05, 3.63) is 33.5 Å². The molecule has 0 fully saturated rings. The fraction of sp³-hybridized carbons (Fsp3) is 0.308. The molecular formula is C13H13NO4S3. The molecule has 5 nitrogen and oxygen atoms in total. The molecule has 2 heterocycles. The zero-order valence-corrected chi connectivity index (χ0v) is 13.4. The SMILES string of the molecule is O=C(O)c1c(NS(=O)(=O)c2cccs2)sc2c1CCCC2. The molecule has 2 aromatic rings. The minimum absolute atomic E-state index is 0.120. The summed E-state index contributed by atoms with van der Waals surface area (Å²) in [5.41, 5.74) is 0.914. The van der Waals surface area contributed by atoms with Gasteiger partial charge in [0, 0.05) is 4.88 Å². The van der Waals surface area contributed by atoms with Crippen LogP contribution in [0.2, 0.25) is 0 Å². The molecule has 112 valence electrons. The number of hydrogen-bond acceptors (Lipinski definition) is 5. The van der Waals surface area contributed by atoms with E-state index in [2.05, 4.69) is 4.72 Å². The Kier molecular flexibility index (Phi) is 3.76. The molecular weight excluding hydrogens is 330 g/mol. The molecule has 0 atom stereocenters. The Bertz CT molecular complexity index is 775. The molecule has 2 N–H and O–H groups in total. The van der Waals surface area contributed by atoms with Crippen LogP contribution in [0.3, 0.4) is 0 Å². The molecule has 2 aromatic heterocycles. The number of aromatic carboxylic acids is 1. The van der Waals surface area contributed by atoms with E-state index in [1.54, 1.807) is 11.4 Å². The minimum atomic E-state index is -3.71. The molecule has 0 aliphatic heterocycles. The van der Waals surface area contributed by atoms with Crippen LogP contribution < -0.4 is 4.72 Å². The highest BCUT2D eigenvalue weighted by Gasteiger charge is 2.28. The topological polar surface area (TPSA) is 83.5 Å². The number of sulfonamides is 1. The molecule has 1 aliphatic carbocycles. The molecule has 0 saturated carbocycles. The van der Waals surface area contributed by atoms with Crippen molar-refractivity contribution in [2.24, 2.45) is 0 Å². The maximum Gasteiger partial charge on any atom is 0.339 e. The van der Waals surface area contributed by atoms with Gasteiger partial charge in [-0.1, -0.05) is 6.07 Å². The number of anilines is 1. The highest BCUT2D eigenvalue weighted by atomic mass is 32.2. The van der Waals surface area contributed by atoms with Gasteiger partial charge < -0.3 is 5.11 Å². The molecule has 21 heavy (non-hydrogen) atoms. The fourth-order valence-electron chi connectivity index (χ4n) is 2.45. The minimum Gasteiger partial charge on any atom is -0.478 e. The normalized spacial score (nSPS) is 14.7. The van der Waals surface area contributed by atoms with Crippen molar-refractivity contribution in [1.29, 1.82) is 0 Å². The van der Waals surface area contributed by atoms with Crippen molar-refractivity contribution in [2.45, 2.75) is 29.9 Å². The van der Waals surface area contributed by atoms with Crippen molar-refractivity contribution in [1.82, 2.24) is 0 Å². The van der Waals surface area contributed by atoms with Crippen LogP contribution in [-0.4, -0.2) is 19.5 Å². The van der Waals surface area contributed by atoms with Crippen molar-refractivity contribution in [3.63, 3.8) is 0 Å². The van der Waals surface area contributed by atoms with E-state index in [0.717, 1.165) is 41.0 Å². The van der Waals surface area contributed by atoms with Gasteiger partial charge in [0.05, 0.1) is 5.56 Å². The summed E-state index contributed by atoms with van der Waals surface area (Å²) in [6.45, 7) is 0. The summed E-state index contributed by atoms with van der Waals surface area (Å²) in [6.07, 6.45) is 3.49. The van der Waals surface area contributed by atoms with Crippen LogP contribution in [0.5, 0.6) is 0 Å². The highest BCUT2D eigenvalue weighted by molar-refractivity contribution is 7.94. The van der Waals surface area contributed by atoms with Crippen molar-refractivity contribution in [3.8, 4) is 0 Å². The molecule has 1 aliphatic rings. The first-order chi connectivity index (χ1) is 9.99. The van der Waals surface area contributed by atoms with E-state index in [9.17, 15) is 18.3 Å². The van der Waals surface area contributed by atoms with Gasteiger partial charge in [0.1, 0.15) is 9.21 Å². The number of nitrogens with one attached hydrogen (secondary N) is 1. The zero-order chi connectivity index (χ0) is 15.0. The zero-order valence-electron chi connectivity index (χ0n) is 11.0. The van der Waals surface area contributed by atoms with Crippen LogP contribution in [-0.2, 0) is 22.9 Å². The number of hydrogen-bond donors (Lipinski definition) is 2. The monoisotopic (exact) mass is 343 g/mol. The summed E-state index contributed by atoms with van der Waals surface area (Å²) in [6, 6.07) is 3.15. The summed E-state index contributed by atoms with van der Waals surface area (Å²) < 4.78 is 27.2. The number of aryl methyl sites for hydroxylation is 1. The van der Waals surface area contributed by atoms with Gasteiger partial charge in [-0.05, 0) is 42.7 Å². The molecule has 8 heteroatoms. The van der Waals surface area contributed by atoms with E-state index in [1.807, 2.05) is 0 Å². The van der Waals surface area contributed by atoms with E-state index < -0.39 is 16.0 Å². The average Bonchev–Trinajstić information content (AvgIpc) is 3.05. The van der Waals surface area contributed by atoms with E-state index in [1.165, 1.54) is 17.4 Å². The van der Waals surface area contributed by atoms with Gasteiger partial charge in [-0.25, -0.2) is 13.2 Å². The maximum atomic E-state index is 12.3. The van der Waals surface area contributed by atoms with Gasteiger partial charge in [-0.2, -0.15) is 0 Å². The van der Waals surface area contributed by atoms with E-state index in [4.69, 9.17) is 0 Å². The molecule has 0 amide bonds. The highest BCUT2D eigenvalue weighted by Crippen LogP contribution is 2.39. The van der Waals surface area contributed by atoms with Crippen LogP contribution in [0.25, 0.3) is 0 Å². The third kappa shape index (κ3) is 2.70. The molecule has 0 unspecified atom stereocenters. The Hall–Kier alpha value is -1.38. The predicted octanol–water partition coefficient (Wildman–Crippen LogP) is 3.19. The largest absolute Gasteiger partial charge is 0.478 e. The Balaban J connectivity index is 2.03. The fourth-order valence-corrected chi connectivity index (χ4v) is 6.03. The average molecular weight is 343 g/mol. The van der Waals surface area contributed by atoms with Gasteiger partial charge in [0.25, 0.3) is 10.0 Å². The third-order valence-corrected chi connectivity index (χ3v) is 7.46. The lowest BCUT2D eigenvalue weighted by Gasteiger charge is -2.10. The summed E-state index contributed by atoms with van der Waals surface area (Å²) >= 11 is 2.35. The summed E-state index contributed by atoms with van der Waals surface area (Å²) in [5.74, 6) is -1.07. The lowest BCUT2D eigenvalue weighted by atomic mass is 9.96. The van der Waals surface area contributed by atoms with Crippen LogP contribution in [0.1, 0.15) is 33.6 Å². The smallest absolute Gasteiger partial charge is 0.339 e. The number of carboxylic acid groups (broad SMARTS) is 1. The van der Waals surface area contributed by atoms with E-state index in [0.29, 0.717) is 6.42 Å². The van der Waals surface area contributed by atoms with Crippen molar-refractivity contribution in [2.75, 3.05) is 4.72 Å². The first-order valence-electron chi connectivity index (χ1n) is 6.43. The van der Waals surface area contributed by atoms with Gasteiger partial charge in [0.2, 0.25) is 0 Å². The van der Waals surface area contributed by atoms with Gasteiger partial charge in [0.15, 0.2) is 0 Å². The first-order valence-corrected chi connectivity index (χ1v) is 9.61. The lowest BCUT2D eigenvalue weighted by molar-refractivity contribution is 0.0697. The molecule has 0 aromatic carbocycles. The van der Waals surface area contributed by atoms with Crippen LogP contribution >= 0.6 is 22.7 Å². The van der Waals surface area contributed by atoms with Crippen LogP contribution in [0.4, 0.5) is 5.00 Å². The Labute approximate surface area is 130 Å². The Morgan fingerprint density at radius 3 is 2.71 bits per heavy atom. The molecule has 0 bridgehead atoms. The van der Waals surface area contributed by atoms with Gasteiger partial charge >= 0.3 is 5.97 Å². The third-order valence-electron chi connectivity index (χ3n) is 3.37. The van der Waals surface area contributed by atoms with E-state index in [-0.39, 0.29) is 14.8 Å². The van der Waals surface area contributed by atoms with Crippen molar-refractivity contribution < 1.29 is 18.3 Å². The Morgan fingerprint density at radius 2 is 2.05 bits per heavy atom. The number of fused-ring (bicyclic) bond motifs is 1. The summed E-state index contributed by atoms with van der Waals surface area (Å²) in [4.78, 5) is 12.5. The second kappa shape index (κ2) is 5.43. The molecule has 3 rings (SSSR count). The number of carboxylic acids is 1.